The lowest BCUT2D eigenvalue weighted by Crippen LogP contribution is -2.12. The quantitative estimate of drug-likeness (QED) is 0.879. The van der Waals surface area contributed by atoms with Gasteiger partial charge in [-0.25, -0.2) is 4.98 Å². The van der Waals surface area contributed by atoms with Crippen LogP contribution in [0.2, 0.25) is 5.02 Å². The second-order valence-corrected chi connectivity index (χ2v) is 4.15. The summed E-state index contributed by atoms with van der Waals surface area (Å²) >= 11 is 5.82. The summed E-state index contributed by atoms with van der Waals surface area (Å²) in [5, 5.41) is 3.85. The molecule has 4 nitrogen and oxygen atoms in total. The molecule has 0 fully saturated rings. The maximum Gasteiger partial charge on any atom is 0.252 e. The first kappa shape index (κ1) is 11.7. The molecule has 17 heavy (non-hydrogen) atoms. The third-order valence-electron chi connectivity index (χ3n) is 2.41. The molecule has 0 aliphatic rings. The summed E-state index contributed by atoms with van der Waals surface area (Å²) in [7, 11) is 0. The Morgan fingerprint density at radius 1 is 1.35 bits per heavy atom. The zero-order chi connectivity index (χ0) is 12.3. The van der Waals surface area contributed by atoms with Gasteiger partial charge in [0.15, 0.2) is 0 Å². The Bertz CT molecular complexity index is 550. The number of nitrogens with one attached hydrogen (secondary N) is 2. The molecule has 0 aliphatic heterocycles. The molecule has 2 N–H and O–H groups in total. The van der Waals surface area contributed by atoms with E-state index in [0.717, 1.165) is 5.56 Å². The molecule has 0 radical (unpaired) electrons. The Hall–Kier alpha value is -1.81. The smallest absolute Gasteiger partial charge is 0.252 e. The molecule has 1 aromatic carbocycles. The van der Waals surface area contributed by atoms with Crippen LogP contribution in [-0.2, 0) is 0 Å². The van der Waals surface area contributed by atoms with Gasteiger partial charge in [-0.15, -0.1) is 0 Å². The number of aromatic nitrogens is 2. The summed E-state index contributed by atoms with van der Waals surface area (Å²) in [4.78, 5) is 17.6. The number of anilines is 1. The maximum atomic E-state index is 11.1. The normalized spacial score (nSPS) is 12.1. The zero-order valence-electron chi connectivity index (χ0n) is 9.27. The first-order valence-electron chi connectivity index (χ1n) is 5.22. The highest BCUT2D eigenvalue weighted by molar-refractivity contribution is 6.30. The van der Waals surface area contributed by atoms with Crippen LogP contribution in [0.4, 0.5) is 5.82 Å². The Morgan fingerprint density at radius 3 is 2.71 bits per heavy atom. The van der Waals surface area contributed by atoms with Gasteiger partial charge in [-0.2, -0.15) is 0 Å². The summed E-state index contributed by atoms with van der Waals surface area (Å²) < 4.78 is 0. The minimum atomic E-state index is -0.175. The van der Waals surface area contributed by atoms with Gasteiger partial charge in [0.05, 0.1) is 6.33 Å². The molecule has 0 saturated carbocycles. The van der Waals surface area contributed by atoms with Gasteiger partial charge in [-0.1, -0.05) is 23.7 Å². The van der Waals surface area contributed by atoms with Crippen LogP contribution in [-0.4, -0.2) is 9.97 Å². The van der Waals surface area contributed by atoms with E-state index in [1.165, 1.54) is 12.4 Å². The number of rotatable bonds is 3. The molecule has 88 valence electrons. The van der Waals surface area contributed by atoms with Crippen LogP contribution in [0.1, 0.15) is 18.5 Å². The van der Waals surface area contributed by atoms with E-state index in [1.54, 1.807) is 0 Å². The summed E-state index contributed by atoms with van der Waals surface area (Å²) in [5.41, 5.74) is 0.905. The topological polar surface area (TPSA) is 57.8 Å². The summed E-state index contributed by atoms with van der Waals surface area (Å²) in [6, 6.07) is 9.02. The van der Waals surface area contributed by atoms with Gasteiger partial charge < -0.3 is 10.3 Å². The number of aromatic amines is 1. The Labute approximate surface area is 104 Å². The average Bonchev–Trinajstić information content (AvgIpc) is 2.29. The minimum Gasteiger partial charge on any atom is -0.363 e. The molecule has 1 aromatic heterocycles. The Morgan fingerprint density at radius 2 is 2.06 bits per heavy atom. The molecule has 5 heteroatoms. The largest absolute Gasteiger partial charge is 0.363 e. The first-order chi connectivity index (χ1) is 8.15. The molecule has 2 aromatic rings. The monoisotopic (exact) mass is 249 g/mol. The SMILES string of the molecule is CC(Nc1cc(=O)[nH]cn1)c1ccc(Cl)cc1. The van der Waals surface area contributed by atoms with Crippen molar-refractivity contribution in [2.75, 3.05) is 5.32 Å². The molecule has 1 atom stereocenters. The third-order valence-corrected chi connectivity index (χ3v) is 2.66. The highest BCUT2D eigenvalue weighted by Crippen LogP contribution is 2.18. The fourth-order valence-electron chi connectivity index (χ4n) is 1.50. The fourth-order valence-corrected chi connectivity index (χ4v) is 1.63. The van der Waals surface area contributed by atoms with Gasteiger partial charge >= 0.3 is 0 Å². The van der Waals surface area contributed by atoms with Gasteiger partial charge in [0, 0.05) is 17.1 Å². The summed E-state index contributed by atoms with van der Waals surface area (Å²) in [6.45, 7) is 1.99. The molecule has 0 aliphatic carbocycles. The summed E-state index contributed by atoms with van der Waals surface area (Å²) in [5.74, 6) is 0.552. The minimum absolute atomic E-state index is 0.0570. The van der Waals surface area contributed by atoms with Crippen molar-refractivity contribution in [1.29, 1.82) is 0 Å². The molecule has 2 rings (SSSR count). The second kappa shape index (κ2) is 5.01. The van der Waals surface area contributed by atoms with Crippen molar-refractivity contribution in [3.05, 3.63) is 57.6 Å². The van der Waals surface area contributed by atoms with Crippen LogP contribution in [0.3, 0.4) is 0 Å². The molecule has 0 spiro atoms. The van der Waals surface area contributed by atoms with E-state index in [0.29, 0.717) is 10.8 Å². The van der Waals surface area contributed by atoms with E-state index < -0.39 is 0 Å². The van der Waals surface area contributed by atoms with Gasteiger partial charge in [0.1, 0.15) is 5.82 Å². The zero-order valence-corrected chi connectivity index (χ0v) is 10.0. The molecule has 0 saturated heterocycles. The van der Waals surface area contributed by atoms with Crippen LogP contribution in [0.15, 0.2) is 41.5 Å². The highest BCUT2D eigenvalue weighted by atomic mass is 35.5. The van der Waals surface area contributed by atoms with Crippen molar-refractivity contribution >= 4 is 17.4 Å². The average molecular weight is 250 g/mol. The summed E-state index contributed by atoms with van der Waals surface area (Å²) in [6.07, 6.45) is 1.37. The Kier molecular flexibility index (Phi) is 3.44. The first-order valence-corrected chi connectivity index (χ1v) is 5.59. The van der Waals surface area contributed by atoms with Crippen LogP contribution in [0.5, 0.6) is 0 Å². The van der Waals surface area contributed by atoms with E-state index >= 15 is 0 Å². The van der Waals surface area contributed by atoms with Gasteiger partial charge in [0.2, 0.25) is 0 Å². The molecule has 1 heterocycles. The van der Waals surface area contributed by atoms with Crippen LogP contribution >= 0.6 is 11.6 Å². The van der Waals surface area contributed by atoms with E-state index in [-0.39, 0.29) is 11.6 Å². The number of hydrogen-bond donors (Lipinski definition) is 2. The lowest BCUT2D eigenvalue weighted by Gasteiger charge is -2.14. The number of hydrogen-bond acceptors (Lipinski definition) is 3. The molecular formula is C12H12ClN3O. The molecule has 1 unspecified atom stereocenters. The lowest BCUT2D eigenvalue weighted by atomic mass is 10.1. The highest BCUT2D eigenvalue weighted by Gasteiger charge is 2.05. The van der Waals surface area contributed by atoms with Crippen LogP contribution in [0.25, 0.3) is 0 Å². The van der Waals surface area contributed by atoms with Crippen molar-refractivity contribution in [3.63, 3.8) is 0 Å². The van der Waals surface area contributed by atoms with Crippen molar-refractivity contribution in [2.24, 2.45) is 0 Å². The van der Waals surface area contributed by atoms with Crippen molar-refractivity contribution in [2.45, 2.75) is 13.0 Å². The van der Waals surface area contributed by atoms with E-state index in [4.69, 9.17) is 11.6 Å². The molecule has 0 bridgehead atoms. The Balaban J connectivity index is 2.14. The van der Waals surface area contributed by atoms with Gasteiger partial charge in [0.25, 0.3) is 5.56 Å². The predicted molar refractivity (Wildman–Crippen MR) is 68.3 cm³/mol. The van der Waals surface area contributed by atoms with E-state index in [1.807, 2.05) is 31.2 Å². The van der Waals surface area contributed by atoms with Crippen molar-refractivity contribution in [1.82, 2.24) is 9.97 Å². The van der Waals surface area contributed by atoms with Crippen molar-refractivity contribution < 1.29 is 0 Å². The van der Waals surface area contributed by atoms with Crippen LogP contribution < -0.4 is 10.9 Å². The molecule has 0 amide bonds. The number of H-pyrrole nitrogens is 1. The number of halogens is 1. The fraction of sp³-hybridized carbons (Fsp3) is 0.167. The molecular weight excluding hydrogens is 238 g/mol. The maximum absolute atomic E-state index is 11.1. The van der Waals surface area contributed by atoms with E-state index in [2.05, 4.69) is 15.3 Å². The number of nitrogens with zero attached hydrogens (tertiary/aromatic N) is 1. The van der Waals surface area contributed by atoms with E-state index in [9.17, 15) is 4.79 Å². The van der Waals surface area contributed by atoms with Crippen molar-refractivity contribution in [3.8, 4) is 0 Å². The standard InChI is InChI=1S/C12H12ClN3O/c1-8(9-2-4-10(13)5-3-9)16-11-6-12(17)15-7-14-11/h2-8H,1H3,(H2,14,15,16,17). The lowest BCUT2D eigenvalue weighted by molar-refractivity contribution is 0.870. The second-order valence-electron chi connectivity index (χ2n) is 3.71. The number of benzene rings is 1. The predicted octanol–water partition coefficient (Wildman–Crippen LogP) is 2.60. The third kappa shape index (κ3) is 3.07. The van der Waals surface area contributed by atoms with Gasteiger partial charge in [-0.3, -0.25) is 4.79 Å². The van der Waals surface area contributed by atoms with Crippen LogP contribution in [0, 0.1) is 0 Å². The van der Waals surface area contributed by atoms with Gasteiger partial charge in [-0.05, 0) is 24.6 Å².